The van der Waals surface area contributed by atoms with Crippen molar-refractivity contribution in [1.82, 2.24) is 4.90 Å². The third-order valence-corrected chi connectivity index (χ3v) is 3.26. The van der Waals surface area contributed by atoms with E-state index in [4.69, 9.17) is 0 Å². The zero-order valence-electron chi connectivity index (χ0n) is 10.5. The van der Waals surface area contributed by atoms with Gasteiger partial charge in [0.2, 0.25) is 0 Å². The highest BCUT2D eigenvalue weighted by Gasteiger charge is 2.26. The first-order valence-electron chi connectivity index (χ1n) is 6.38. The standard InChI is InChI=1S/C14H15F2NO2/c15-10-5-6-12(16)11(9-10)13(18)14(19)17-7-3-1-2-4-8-17/h5-6,9H,1-4,7-8H2. The summed E-state index contributed by atoms with van der Waals surface area (Å²) in [4.78, 5) is 25.4. The Morgan fingerprint density at radius 2 is 1.63 bits per heavy atom. The molecular weight excluding hydrogens is 252 g/mol. The Morgan fingerprint density at radius 1 is 1.00 bits per heavy atom. The second-order valence-corrected chi connectivity index (χ2v) is 4.66. The summed E-state index contributed by atoms with van der Waals surface area (Å²) in [6.45, 7) is 1.00. The second kappa shape index (κ2) is 5.91. The predicted molar refractivity (Wildman–Crippen MR) is 65.7 cm³/mol. The molecule has 1 aliphatic rings. The fraction of sp³-hybridized carbons (Fsp3) is 0.429. The summed E-state index contributed by atoms with van der Waals surface area (Å²) in [6.07, 6.45) is 3.72. The first kappa shape index (κ1) is 13.6. The van der Waals surface area contributed by atoms with E-state index in [0.717, 1.165) is 43.9 Å². The molecule has 1 heterocycles. The molecule has 3 nitrogen and oxygen atoms in total. The Hall–Kier alpha value is -1.78. The van der Waals surface area contributed by atoms with Gasteiger partial charge in [-0.25, -0.2) is 8.78 Å². The molecule has 1 aromatic carbocycles. The highest BCUT2D eigenvalue weighted by molar-refractivity contribution is 6.42. The van der Waals surface area contributed by atoms with Crippen molar-refractivity contribution in [3.05, 3.63) is 35.4 Å². The molecule has 1 aliphatic heterocycles. The van der Waals surface area contributed by atoms with Crippen molar-refractivity contribution in [3.63, 3.8) is 0 Å². The normalized spacial score (nSPS) is 16.0. The molecule has 0 bridgehead atoms. The molecule has 0 unspecified atom stereocenters. The van der Waals surface area contributed by atoms with Crippen LogP contribution in [-0.2, 0) is 4.79 Å². The molecule has 0 radical (unpaired) electrons. The highest BCUT2D eigenvalue weighted by Crippen LogP contribution is 2.14. The van der Waals surface area contributed by atoms with Crippen LogP contribution in [-0.4, -0.2) is 29.7 Å². The van der Waals surface area contributed by atoms with Gasteiger partial charge in [-0.05, 0) is 31.0 Å². The van der Waals surface area contributed by atoms with Gasteiger partial charge < -0.3 is 4.90 Å². The van der Waals surface area contributed by atoms with Crippen molar-refractivity contribution in [3.8, 4) is 0 Å². The summed E-state index contributed by atoms with van der Waals surface area (Å²) < 4.78 is 26.5. The maximum atomic E-state index is 13.5. The predicted octanol–water partition coefficient (Wildman–Crippen LogP) is 2.55. The average molecular weight is 267 g/mol. The number of hydrogen-bond donors (Lipinski definition) is 0. The molecule has 1 amide bonds. The van der Waals surface area contributed by atoms with Crippen molar-refractivity contribution in [2.24, 2.45) is 0 Å². The summed E-state index contributed by atoms with van der Waals surface area (Å²) in [5.74, 6) is -3.31. The van der Waals surface area contributed by atoms with Crippen LogP contribution in [0.15, 0.2) is 18.2 Å². The summed E-state index contributed by atoms with van der Waals surface area (Å²) >= 11 is 0. The fourth-order valence-electron chi connectivity index (χ4n) is 2.20. The van der Waals surface area contributed by atoms with E-state index in [1.54, 1.807) is 0 Å². The van der Waals surface area contributed by atoms with E-state index >= 15 is 0 Å². The number of rotatable bonds is 2. The Morgan fingerprint density at radius 3 is 2.26 bits per heavy atom. The molecule has 19 heavy (non-hydrogen) atoms. The monoisotopic (exact) mass is 267 g/mol. The number of Topliss-reactive ketones (excluding diaryl/α,β-unsaturated/α-hetero) is 1. The molecule has 0 aliphatic carbocycles. The summed E-state index contributed by atoms with van der Waals surface area (Å²) in [5.41, 5.74) is -0.491. The van der Waals surface area contributed by atoms with Gasteiger partial charge in [-0.15, -0.1) is 0 Å². The quantitative estimate of drug-likeness (QED) is 0.610. The molecule has 0 saturated carbocycles. The van der Waals surface area contributed by atoms with Gasteiger partial charge in [-0.1, -0.05) is 12.8 Å². The number of likely N-dealkylation sites (tertiary alicyclic amines) is 1. The Balaban J connectivity index is 2.18. The van der Waals surface area contributed by atoms with Crippen LogP contribution in [0.25, 0.3) is 0 Å². The molecule has 102 valence electrons. The lowest BCUT2D eigenvalue weighted by atomic mass is 10.1. The van der Waals surface area contributed by atoms with Crippen LogP contribution in [0.2, 0.25) is 0 Å². The van der Waals surface area contributed by atoms with E-state index in [0.29, 0.717) is 13.1 Å². The number of hydrogen-bond acceptors (Lipinski definition) is 2. The minimum atomic E-state index is -0.973. The van der Waals surface area contributed by atoms with E-state index in [-0.39, 0.29) is 0 Å². The van der Waals surface area contributed by atoms with Crippen molar-refractivity contribution in [2.45, 2.75) is 25.7 Å². The first-order chi connectivity index (χ1) is 9.09. The van der Waals surface area contributed by atoms with Crippen molar-refractivity contribution < 1.29 is 18.4 Å². The van der Waals surface area contributed by atoms with Crippen LogP contribution < -0.4 is 0 Å². The molecule has 0 N–H and O–H groups in total. The minimum absolute atomic E-state index is 0.491. The minimum Gasteiger partial charge on any atom is -0.336 e. The molecule has 5 heteroatoms. The Bertz CT molecular complexity index is 494. The van der Waals surface area contributed by atoms with Gasteiger partial charge in [0.25, 0.3) is 11.7 Å². The zero-order valence-corrected chi connectivity index (χ0v) is 10.5. The van der Waals surface area contributed by atoms with Crippen LogP contribution in [0, 0.1) is 11.6 Å². The third-order valence-electron chi connectivity index (χ3n) is 3.26. The van der Waals surface area contributed by atoms with Crippen LogP contribution in [0.4, 0.5) is 8.78 Å². The molecule has 1 fully saturated rings. The topological polar surface area (TPSA) is 37.4 Å². The molecule has 1 aromatic rings. The number of carbonyl (C=O) groups excluding carboxylic acids is 2. The molecular formula is C14H15F2NO2. The molecule has 1 saturated heterocycles. The van der Waals surface area contributed by atoms with Crippen LogP contribution in [0.3, 0.4) is 0 Å². The number of halogens is 2. The van der Waals surface area contributed by atoms with Gasteiger partial charge in [0, 0.05) is 13.1 Å². The maximum absolute atomic E-state index is 13.5. The number of carbonyl (C=O) groups is 2. The molecule has 0 spiro atoms. The van der Waals surface area contributed by atoms with E-state index in [1.165, 1.54) is 4.90 Å². The van der Waals surface area contributed by atoms with Gasteiger partial charge in [0.15, 0.2) is 0 Å². The second-order valence-electron chi connectivity index (χ2n) is 4.66. The van der Waals surface area contributed by atoms with Crippen molar-refractivity contribution >= 4 is 11.7 Å². The lowest BCUT2D eigenvalue weighted by molar-refractivity contribution is -0.126. The average Bonchev–Trinajstić information content (AvgIpc) is 2.69. The van der Waals surface area contributed by atoms with Gasteiger partial charge in [0.1, 0.15) is 11.6 Å². The molecule has 0 aromatic heterocycles. The van der Waals surface area contributed by atoms with Crippen LogP contribution in [0.5, 0.6) is 0 Å². The lowest BCUT2D eigenvalue weighted by Gasteiger charge is -2.19. The van der Waals surface area contributed by atoms with Gasteiger partial charge in [-0.3, -0.25) is 9.59 Å². The Labute approximate surface area is 110 Å². The molecule has 0 atom stereocenters. The summed E-state index contributed by atoms with van der Waals surface area (Å²) in [7, 11) is 0. The van der Waals surface area contributed by atoms with Crippen molar-refractivity contribution in [2.75, 3.05) is 13.1 Å². The van der Waals surface area contributed by atoms with E-state index in [1.807, 2.05) is 0 Å². The largest absolute Gasteiger partial charge is 0.336 e. The van der Waals surface area contributed by atoms with Crippen LogP contribution >= 0.6 is 0 Å². The third kappa shape index (κ3) is 3.16. The maximum Gasteiger partial charge on any atom is 0.295 e. The van der Waals surface area contributed by atoms with E-state index in [2.05, 4.69) is 0 Å². The molecule has 2 rings (SSSR count). The smallest absolute Gasteiger partial charge is 0.295 e. The summed E-state index contributed by atoms with van der Waals surface area (Å²) in [5, 5.41) is 0. The number of ketones is 1. The highest BCUT2D eigenvalue weighted by atomic mass is 19.1. The lowest BCUT2D eigenvalue weighted by Crippen LogP contribution is -2.37. The van der Waals surface area contributed by atoms with E-state index < -0.39 is 28.9 Å². The number of nitrogens with zero attached hydrogens (tertiary/aromatic N) is 1. The van der Waals surface area contributed by atoms with Gasteiger partial charge >= 0.3 is 0 Å². The van der Waals surface area contributed by atoms with E-state index in [9.17, 15) is 18.4 Å². The first-order valence-corrected chi connectivity index (χ1v) is 6.38. The zero-order chi connectivity index (χ0) is 13.8. The van der Waals surface area contributed by atoms with Gasteiger partial charge in [-0.2, -0.15) is 0 Å². The Kier molecular flexibility index (Phi) is 4.24. The van der Waals surface area contributed by atoms with Gasteiger partial charge in [0.05, 0.1) is 5.56 Å². The summed E-state index contributed by atoms with van der Waals surface area (Å²) in [6, 6.07) is 2.55. The van der Waals surface area contributed by atoms with Crippen molar-refractivity contribution in [1.29, 1.82) is 0 Å². The SMILES string of the molecule is O=C(C(=O)N1CCCCCC1)c1cc(F)ccc1F. The number of benzene rings is 1. The van der Waals surface area contributed by atoms with Crippen LogP contribution in [0.1, 0.15) is 36.0 Å². The fourth-order valence-corrected chi connectivity index (χ4v) is 2.20. The number of amides is 1.